The first-order valence-electron chi connectivity index (χ1n) is 7.68. The fourth-order valence-electron chi connectivity index (χ4n) is 2.64. The van der Waals surface area contributed by atoms with Gasteiger partial charge in [-0.05, 0) is 12.1 Å². The van der Waals surface area contributed by atoms with Gasteiger partial charge in [0.25, 0.3) is 11.8 Å². The quantitative estimate of drug-likeness (QED) is 0.860. The lowest BCUT2D eigenvalue weighted by Gasteiger charge is -2.34. The van der Waals surface area contributed by atoms with E-state index in [0.29, 0.717) is 54.0 Å². The number of hydrogen-bond donors (Lipinski definition) is 1. The Labute approximate surface area is 159 Å². The molecule has 6 nitrogen and oxygen atoms in total. The molecule has 1 aromatic carbocycles. The lowest BCUT2D eigenvalue weighted by molar-refractivity contribution is 0.0533. The highest BCUT2D eigenvalue weighted by Crippen LogP contribution is 2.26. The van der Waals surface area contributed by atoms with Crippen molar-refractivity contribution in [2.24, 2.45) is 5.73 Å². The van der Waals surface area contributed by atoms with Gasteiger partial charge in [0.1, 0.15) is 10.7 Å². The summed E-state index contributed by atoms with van der Waals surface area (Å²) in [7, 11) is 0. The van der Waals surface area contributed by atoms with Gasteiger partial charge in [0.05, 0.1) is 15.6 Å². The Hall–Kier alpha value is -1.67. The summed E-state index contributed by atoms with van der Waals surface area (Å²) in [6.07, 6.45) is 0. The SMILES string of the molecule is NCc1nc(C(=O)N2CCN(C(=O)c3c(Cl)cccc3Cl)CC2)cs1. The monoisotopic (exact) mass is 398 g/mol. The van der Waals surface area contributed by atoms with Gasteiger partial charge in [0.2, 0.25) is 0 Å². The molecule has 25 heavy (non-hydrogen) atoms. The first-order valence-corrected chi connectivity index (χ1v) is 9.32. The molecule has 1 fully saturated rings. The van der Waals surface area contributed by atoms with E-state index in [1.165, 1.54) is 11.3 Å². The molecule has 2 amide bonds. The van der Waals surface area contributed by atoms with E-state index in [1.54, 1.807) is 33.4 Å². The number of nitrogens with zero attached hydrogens (tertiary/aromatic N) is 3. The number of hydrogen-bond acceptors (Lipinski definition) is 5. The number of carbonyl (C=O) groups excluding carboxylic acids is 2. The predicted molar refractivity (Wildman–Crippen MR) is 98.3 cm³/mol. The van der Waals surface area contributed by atoms with Gasteiger partial charge in [-0.15, -0.1) is 11.3 Å². The van der Waals surface area contributed by atoms with E-state index in [4.69, 9.17) is 28.9 Å². The Morgan fingerprint density at radius 3 is 2.16 bits per heavy atom. The third-order valence-corrected chi connectivity index (χ3v) is 5.48. The van der Waals surface area contributed by atoms with E-state index in [9.17, 15) is 9.59 Å². The Balaban J connectivity index is 1.65. The van der Waals surface area contributed by atoms with Crippen molar-refractivity contribution in [1.29, 1.82) is 0 Å². The summed E-state index contributed by atoms with van der Waals surface area (Å²) >= 11 is 13.6. The van der Waals surface area contributed by atoms with Gasteiger partial charge in [-0.2, -0.15) is 0 Å². The van der Waals surface area contributed by atoms with E-state index >= 15 is 0 Å². The smallest absolute Gasteiger partial charge is 0.273 e. The molecule has 2 aromatic rings. The van der Waals surface area contributed by atoms with Crippen LogP contribution < -0.4 is 5.73 Å². The van der Waals surface area contributed by atoms with Crippen molar-refractivity contribution >= 4 is 46.4 Å². The van der Waals surface area contributed by atoms with Crippen molar-refractivity contribution < 1.29 is 9.59 Å². The molecular weight excluding hydrogens is 383 g/mol. The minimum absolute atomic E-state index is 0.140. The second-order valence-electron chi connectivity index (χ2n) is 5.51. The molecule has 2 N–H and O–H groups in total. The van der Waals surface area contributed by atoms with Crippen molar-refractivity contribution in [3.05, 3.63) is 49.9 Å². The average Bonchev–Trinajstić information content (AvgIpc) is 3.10. The van der Waals surface area contributed by atoms with Crippen molar-refractivity contribution in [3.63, 3.8) is 0 Å². The van der Waals surface area contributed by atoms with Crippen LogP contribution in [0.3, 0.4) is 0 Å². The second-order valence-corrected chi connectivity index (χ2v) is 7.27. The molecule has 9 heteroatoms. The van der Waals surface area contributed by atoms with E-state index < -0.39 is 0 Å². The van der Waals surface area contributed by atoms with Crippen LogP contribution in [0.2, 0.25) is 10.0 Å². The topological polar surface area (TPSA) is 79.5 Å². The molecule has 1 aliphatic heterocycles. The molecule has 1 saturated heterocycles. The number of halogens is 2. The van der Waals surface area contributed by atoms with Crippen LogP contribution in [-0.2, 0) is 6.54 Å². The first-order chi connectivity index (χ1) is 12.0. The second kappa shape index (κ2) is 7.70. The maximum atomic E-state index is 12.7. The van der Waals surface area contributed by atoms with Crippen LogP contribution in [0.25, 0.3) is 0 Å². The third kappa shape index (κ3) is 3.79. The van der Waals surface area contributed by atoms with Gasteiger partial charge < -0.3 is 15.5 Å². The molecule has 0 atom stereocenters. The summed E-state index contributed by atoms with van der Waals surface area (Å²) in [5, 5.41) is 3.09. The Kier molecular flexibility index (Phi) is 5.58. The van der Waals surface area contributed by atoms with Crippen molar-refractivity contribution in [2.75, 3.05) is 26.2 Å². The highest BCUT2D eigenvalue weighted by atomic mass is 35.5. The summed E-state index contributed by atoms with van der Waals surface area (Å²) in [6.45, 7) is 2.02. The number of amides is 2. The van der Waals surface area contributed by atoms with E-state index in [0.717, 1.165) is 5.01 Å². The van der Waals surface area contributed by atoms with Gasteiger partial charge in [-0.1, -0.05) is 29.3 Å². The van der Waals surface area contributed by atoms with Crippen LogP contribution in [0.1, 0.15) is 25.9 Å². The number of rotatable bonds is 3. The molecule has 2 heterocycles. The molecule has 0 spiro atoms. The molecule has 0 aliphatic carbocycles. The highest BCUT2D eigenvalue weighted by molar-refractivity contribution is 7.09. The van der Waals surface area contributed by atoms with Gasteiger partial charge in [-0.3, -0.25) is 9.59 Å². The maximum Gasteiger partial charge on any atom is 0.273 e. The number of piperazine rings is 1. The van der Waals surface area contributed by atoms with Crippen molar-refractivity contribution in [3.8, 4) is 0 Å². The molecule has 0 radical (unpaired) electrons. The molecule has 0 bridgehead atoms. The Morgan fingerprint density at radius 2 is 1.64 bits per heavy atom. The zero-order chi connectivity index (χ0) is 18.0. The molecule has 0 unspecified atom stereocenters. The van der Waals surface area contributed by atoms with Crippen LogP contribution >= 0.6 is 34.5 Å². The molecule has 1 aliphatic rings. The standard InChI is InChI=1S/C16H16Cl2N4O2S/c17-10-2-1-3-11(18)14(10)16(24)22-6-4-21(5-7-22)15(23)12-9-25-13(8-19)20-12/h1-3,9H,4-8,19H2. The van der Waals surface area contributed by atoms with E-state index in [-0.39, 0.29) is 11.8 Å². The van der Waals surface area contributed by atoms with Crippen LogP contribution in [0.5, 0.6) is 0 Å². The first kappa shape index (κ1) is 18.1. The Bertz CT molecular complexity index is 783. The number of nitrogens with two attached hydrogens (primary N) is 1. The number of thiazole rings is 1. The van der Waals surface area contributed by atoms with Crippen LogP contribution in [-0.4, -0.2) is 52.8 Å². The van der Waals surface area contributed by atoms with Gasteiger partial charge in [0, 0.05) is 38.1 Å². The summed E-state index contributed by atoms with van der Waals surface area (Å²) in [6, 6.07) is 4.97. The molecule has 1 aromatic heterocycles. The summed E-state index contributed by atoms with van der Waals surface area (Å²) in [4.78, 5) is 32.7. The van der Waals surface area contributed by atoms with Gasteiger partial charge >= 0.3 is 0 Å². The normalized spacial score (nSPS) is 14.7. The predicted octanol–water partition coefficient (Wildman–Crippen LogP) is 2.51. The molecule has 3 rings (SSSR count). The Morgan fingerprint density at radius 1 is 1.08 bits per heavy atom. The average molecular weight is 399 g/mol. The van der Waals surface area contributed by atoms with Crippen LogP contribution in [0.15, 0.2) is 23.6 Å². The van der Waals surface area contributed by atoms with Crippen LogP contribution in [0, 0.1) is 0 Å². The lowest BCUT2D eigenvalue weighted by Crippen LogP contribution is -2.50. The van der Waals surface area contributed by atoms with E-state index in [1.807, 2.05) is 0 Å². The zero-order valence-electron chi connectivity index (χ0n) is 13.2. The third-order valence-electron chi connectivity index (χ3n) is 3.98. The number of benzene rings is 1. The van der Waals surface area contributed by atoms with Crippen molar-refractivity contribution in [2.45, 2.75) is 6.54 Å². The van der Waals surface area contributed by atoms with E-state index in [2.05, 4.69) is 4.98 Å². The van der Waals surface area contributed by atoms with Crippen LogP contribution in [0.4, 0.5) is 0 Å². The largest absolute Gasteiger partial charge is 0.335 e. The fourth-order valence-corrected chi connectivity index (χ4v) is 3.85. The van der Waals surface area contributed by atoms with Crippen molar-refractivity contribution in [1.82, 2.24) is 14.8 Å². The highest BCUT2D eigenvalue weighted by Gasteiger charge is 2.28. The summed E-state index contributed by atoms with van der Waals surface area (Å²) < 4.78 is 0. The fraction of sp³-hybridized carbons (Fsp3) is 0.312. The summed E-state index contributed by atoms with van der Waals surface area (Å²) in [5.74, 6) is -0.361. The lowest BCUT2D eigenvalue weighted by atomic mass is 10.1. The molecule has 132 valence electrons. The molecular formula is C16H16Cl2N4O2S. The van der Waals surface area contributed by atoms with Gasteiger partial charge in [0.15, 0.2) is 0 Å². The maximum absolute atomic E-state index is 12.7. The minimum atomic E-state index is -0.221. The zero-order valence-corrected chi connectivity index (χ0v) is 15.6. The number of aromatic nitrogens is 1. The molecule has 0 saturated carbocycles. The van der Waals surface area contributed by atoms with Gasteiger partial charge in [-0.25, -0.2) is 4.98 Å². The minimum Gasteiger partial charge on any atom is -0.335 e. The number of carbonyl (C=O) groups is 2. The summed E-state index contributed by atoms with van der Waals surface area (Å²) in [5.41, 5.74) is 6.24.